The second kappa shape index (κ2) is 8.84. The van der Waals surface area contributed by atoms with Gasteiger partial charge >= 0.3 is 11.9 Å². The zero-order valence-electron chi connectivity index (χ0n) is 15.5. The number of hydrogen-bond donors (Lipinski definition) is 1. The van der Waals surface area contributed by atoms with Gasteiger partial charge in [-0.05, 0) is 56.4 Å². The van der Waals surface area contributed by atoms with Crippen molar-refractivity contribution in [3.63, 3.8) is 0 Å². The van der Waals surface area contributed by atoms with Crippen molar-refractivity contribution in [3.05, 3.63) is 0 Å². The van der Waals surface area contributed by atoms with Crippen LogP contribution in [0.3, 0.4) is 0 Å². The predicted molar refractivity (Wildman–Crippen MR) is 92.4 cm³/mol. The summed E-state index contributed by atoms with van der Waals surface area (Å²) in [5.41, 5.74) is 0. The van der Waals surface area contributed by atoms with E-state index < -0.39 is 0 Å². The zero-order valence-corrected chi connectivity index (χ0v) is 15.5. The van der Waals surface area contributed by atoms with E-state index in [0.717, 1.165) is 12.8 Å². The van der Waals surface area contributed by atoms with Crippen LogP contribution in [0, 0.1) is 23.7 Å². The molecule has 1 aliphatic carbocycles. The molecule has 1 N–H and O–H groups in total. The van der Waals surface area contributed by atoms with Crippen LogP contribution in [-0.4, -0.2) is 37.2 Å². The fourth-order valence-electron chi connectivity index (χ4n) is 4.09. The van der Waals surface area contributed by atoms with Crippen LogP contribution in [0.5, 0.6) is 0 Å². The summed E-state index contributed by atoms with van der Waals surface area (Å²) in [6.07, 6.45) is 4.44. The topological polar surface area (TPSA) is 64.6 Å². The van der Waals surface area contributed by atoms with Gasteiger partial charge in [0.15, 0.2) is 0 Å². The third kappa shape index (κ3) is 5.20. The Kier molecular flexibility index (Phi) is 7.08. The van der Waals surface area contributed by atoms with Crippen molar-refractivity contribution in [2.45, 2.75) is 71.9 Å². The highest BCUT2D eigenvalue weighted by Gasteiger charge is 2.35. The molecule has 24 heavy (non-hydrogen) atoms. The summed E-state index contributed by atoms with van der Waals surface area (Å²) in [5, 5.41) is 3.15. The normalized spacial score (nSPS) is 33.5. The first-order chi connectivity index (χ1) is 11.4. The lowest BCUT2D eigenvalue weighted by atomic mass is 9.75. The summed E-state index contributed by atoms with van der Waals surface area (Å²) in [7, 11) is 0. The average Bonchev–Trinajstić information content (AvgIpc) is 2.95. The van der Waals surface area contributed by atoms with Crippen molar-refractivity contribution in [3.8, 4) is 0 Å². The lowest BCUT2D eigenvalue weighted by Gasteiger charge is -2.36. The molecule has 5 nitrogen and oxygen atoms in total. The highest BCUT2D eigenvalue weighted by molar-refractivity contribution is 5.76. The summed E-state index contributed by atoms with van der Waals surface area (Å²) in [6.45, 7) is 9.53. The third-order valence-electron chi connectivity index (χ3n) is 5.49. The van der Waals surface area contributed by atoms with E-state index in [2.05, 4.69) is 26.1 Å². The molecule has 2 fully saturated rings. The van der Waals surface area contributed by atoms with Crippen LogP contribution in [0.25, 0.3) is 0 Å². The molecule has 0 amide bonds. The Balaban J connectivity index is 1.81. The van der Waals surface area contributed by atoms with Crippen molar-refractivity contribution in [1.29, 1.82) is 0 Å². The number of carbonyl (C=O) groups is 2. The minimum absolute atomic E-state index is 0.0523. The maximum absolute atomic E-state index is 12.4. The van der Waals surface area contributed by atoms with E-state index in [1.807, 2.05) is 0 Å². The average molecular weight is 339 g/mol. The van der Waals surface area contributed by atoms with Crippen molar-refractivity contribution in [1.82, 2.24) is 5.32 Å². The van der Waals surface area contributed by atoms with Gasteiger partial charge in [0.05, 0.1) is 6.61 Å². The third-order valence-corrected chi connectivity index (χ3v) is 5.49. The van der Waals surface area contributed by atoms with Gasteiger partial charge in [0.1, 0.15) is 12.1 Å². The van der Waals surface area contributed by atoms with E-state index in [0.29, 0.717) is 43.7 Å². The van der Waals surface area contributed by atoms with Crippen LogP contribution in [-0.2, 0) is 19.1 Å². The quantitative estimate of drug-likeness (QED) is 0.754. The Labute approximate surface area is 145 Å². The first-order valence-electron chi connectivity index (χ1n) is 9.50. The maximum Gasteiger partial charge on any atom is 0.323 e. The Morgan fingerprint density at radius 3 is 2.62 bits per heavy atom. The standard InChI is InChI=1S/C19H33NO4/c1-5-23-19(22)16-9-14(11-20-16)10-18(21)24-17-8-13(4)6-7-15(17)12(2)3/h12-17,20H,5-11H2,1-4H3/t13-,14+,15+,16+,17-/m0/s1. The minimum Gasteiger partial charge on any atom is -0.465 e. The van der Waals surface area contributed by atoms with Gasteiger partial charge in [-0.2, -0.15) is 0 Å². The number of carbonyl (C=O) groups excluding carboxylic acids is 2. The molecule has 0 spiro atoms. The zero-order chi connectivity index (χ0) is 17.7. The largest absolute Gasteiger partial charge is 0.465 e. The minimum atomic E-state index is -0.277. The van der Waals surface area contributed by atoms with Crippen LogP contribution in [0.1, 0.15) is 59.8 Å². The molecule has 1 aliphatic heterocycles. The van der Waals surface area contributed by atoms with Crippen LogP contribution in [0.2, 0.25) is 0 Å². The smallest absolute Gasteiger partial charge is 0.323 e. The summed E-state index contributed by atoms with van der Waals surface area (Å²) in [6, 6.07) is -0.277. The van der Waals surface area contributed by atoms with Crippen LogP contribution in [0.4, 0.5) is 0 Å². The summed E-state index contributed by atoms with van der Waals surface area (Å²) in [4.78, 5) is 24.1. The molecule has 2 aliphatic rings. The lowest BCUT2D eigenvalue weighted by molar-refractivity contribution is -0.157. The van der Waals surface area contributed by atoms with Gasteiger partial charge in [-0.25, -0.2) is 0 Å². The molecule has 1 heterocycles. The summed E-state index contributed by atoms with van der Waals surface area (Å²) < 4.78 is 10.9. The van der Waals surface area contributed by atoms with E-state index in [9.17, 15) is 9.59 Å². The van der Waals surface area contributed by atoms with Gasteiger partial charge in [0.25, 0.3) is 0 Å². The van der Waals surface area contributed by atoms with Gasteiger partial charge in [-0.15, -0.1) is 0 Å². The highest BCUT2D eigenvalue weighted by atomic mass is 16.5. The van der Waals surface area contributed by atoms with Crippen molar-refractivity contribution < 1.29 is 19.1 Å². The number of rotatable bonds is 6. The second-order valence-electron chi connectivity index (χ2n) is 7.87. The molecule has 2 rings (SSSR count). The Hall–Kier alpha value is -1.10. The van der Waals surface area contributed by atoms with Gasteiger partial charge in [0.2, 0.25) is 0 Å². The Morgan fingerprint density at radius 1 is 1.21 bits per heavy atom. The molecular weight excluding hydrogens is 306 g/mol. The molecule has 1 saturated carbocycles. The molecular formula is C19H33NO4. The fraction of sp³-hybridized carbons (Fsp3) is 0.895. The van der Waals surface area contributed by atoms with Gasteiger partial charge in [-0.1, -0.05) is 27.2 Å². The summed E-state index contributed by atoms with van der Waals surface area (Å²) in [5.74, 6) is 1.46. The monoisotopic (exact) mass is 339 g/mol. The Morgan fingerprint density at radius 2 is 1.96 bits per heavy atom. The maximum atomic E-state index is 12.4. The summed E-state index contributed by atoms with van der Waals surface area (Å²) >= 11 is 0. The molecule has 5 heteroatoms. The number of hydrogen-bond acceptors (Lipinski definition) is 5. The SMILES string of the molecule is CCOC(=O)[C@H]1C[C@H](CC(=O)O[C@H]2C[C@@H](C)CC[C@@H]2C(C)C)CN1. The number of nitrogens with one attached hydrogen (secondary N) is 1. The van der Waals surface area contributed by atoms with Crippen molar-refractivity contribution >= 4 is 11.9 Å². The molecule has 5 atom stereocenters. The predicted octanol–water partition coefficient (Wildman–Crippen LogP) is 2.92. The molecule has 138 valence electrons. The van der Waals surface area contributed by atoms with E-state index in [4.69, 9.17) is 9.47 Å². The van der Waals surface area contributed by atoms with Crippen molar-refractivity contribution in [2.75, 3.05) is 13.2 Å². The molecule has 0 aromatic rings. The van der Waals surface area contributed by atoms with Gasteiger partial charge in [-0.3, -0.25) is 9.59 Å². The highest BCUT2D eigenvalue weighted by Crippen LogP contribution is 2.35. The second-order valence-corrected chi connectivity index (χ2v) is 7.87. The number of ether oxygens (including phenoxy) is 2. The molecule has 1 saturated heterocycles. The van der Waals surface area contributed by atoms with Crippen LogP contribution >= 0.6 is 0 Å². The van der Waals surface area contributed by atoms with E-state index in [1.165, 1.54) is 6.42 Å². The van der Waals surface area contributed by atoms with Crippen LogP contribution < -0.4 is 5.32 Å². The fourth-order valence-corrected chi connectivity index (χ4v) is 4.09. The van der Waals surface area contributed by atoms with Gasteiger partial charge < -0.3 is 14.8 Å². The Bertz CT molecular complexity index is 437. The van der Waals surface area contributed by atoms with E-state index in [-0.39, 0.29) is 30.0 Å². The molecule has 0 radical (unpaired) electrons. The first kappa shape index (κ1) is 19.2. The van der Waals surface area contributed by atoms with Gasteiger partial charge in [0, 0.05) is 6.42 Å². The van der Waals surface area contributed by atoms with Crippen molar-refractivity contribution in [2.24, 2.45) is 23.7 Å². The first-order valence-corrected chi connectivity index (χ1v) is 9.50. The molecule has 0 aromatic heterocycles. The van der Waals surface area contributed by atoms with Crippen LogP contribution in [0.15, 0.2) is 0 Å². The van der Waals surface area contributed by atoms with E-state index >= 15 is 0 Å². The number of esters is 2. The van der Waals surface area contributed by atoms with E-state index in [1.54, 1.807) is 6.92 Å². The molecule has 0 bridgehead atoms. The molecule has 0 aromatic carbocycles. The molecule has 0 unspecified atom stereocenters. The lowest BCUT2D eigenvalue weighted by Crippen LogP contribution is -2.36.